The van der Waals surface area contributed by atoms with Gasteiger partial charge in [0.2, 0.25) is 21.8 Å². The summed E-state index contributed by atoms with van der Waals surface area (Å²) in [6.45, 7) is 5.18. The number of nitrogens with one attached hydrogen (secondary N) is 1. The van der Waals surface area contributed by atoms with Crippen molar-refractivity contribution in [2.24, 2.45) is 0 Å². The van der Waals surface area contributed by atoms with Crippen LogP contribution in [0.25, 0.3) is 0 Å². The standard InChI is InChI=1S/C24H32BrN3O5S/c1-6-17(2)26-24(30)18(3)27(15-19-10-12-22(33-4)13-11-19)23(29)16-28(34(5,31)32)21-9-7-8-20(25)14-21/h7-14,17-18H,6,15-16H2,1-5H3,(H,26,30)/t17-,18-/m0/s1. The zero-order chi connectivity index (χ0) is 25.5. The van der Waals surface area contributed by atoms with Gasteiger partial charge in [0.15, 0.2) is 0 Å². The van der Waals surface area contributed by atoms with Crippen LogP contribution in [0.2, 0.25) is 0 Å². The second-order valence-corrected chi connectivity index (χ2v) is 10.9. The Bertz CT molecular complexity index is 1090. The highest BCUT2D eigenvalue weighted by Gasteiger charge is 2.30. The number of hydrogen-bond donors (Lipinski definition) is 1. The molecule has 1 N–H and O–H groups in total. The van der Waals surface area contributed by atoms with Gasteiger partial charge in [0.25, 0.3) is 0 Å². The highest BCUT2D eigenvalue weighted by atomic mass is 79.9. The Morgan fingerprint density at radius 2 is 1.76 bits per heavy atom. The summed E-state index contributed by atoms with van der Waals surface area (Å²) in [6, 6.07) is 13.0. The van der Waals surface area contributed by atoms with E-state index in [1.54, 1.807) is 62.6 Å². The van der Waals surface area contributed by atoms with Gasteiger partial charge in [0.1, 0.15) is 18.3 Å². The highest BCUT2D eigenvalue weighted by molar-refractivity contribution is 9.10. The third-order valence-electron chi connectivity index (χ3n) is 5.46. The van der Waals surface area contributed by atoms with E-state index < -0.39 is 28.5 Å². The Morgan fingerprint density at radius 3 is 2.29 bits per heavy atom. The minimum atomic E-state index is -3.77. The van der Waals surface area contributed by atoms with Crippen molar-refractivity contribution in [3.63, 3.8) is 0 Å². The van der Waals surface area contributed by atoms with Gasteiger partial charge in [-0.3, -0.25) is 13.9 Å². The predicted molar refractivity (Wildman–Crippen MR) is 137 cm³/mol. The molecule has 0 bridgehead atoms. The van der Waals surface area contributed by atoms with Crippen LogP contribution < -0.4 is 14.4 Å². The lowest BCUT2D eigenvalue weighted by molar-refractivity contribution is -0.139. The molecule has 0 saturated heterocycles. The Morgan fingerprint density at radius 1 is 1.12 bits per heavy atom. The van der Waals surface area contributed by atoms with Crippen LogP contribution in [0, 0.1) is 0 Å². The molecule has 2 rings (SSSR count). The van der Waals surface area contributed by atoms with E-state index in [4.69, 9.17) is 4.74 Å². The molecular formula is C24H32BrN3O5S. The highest BCUT2D eigenvalue weighted by Crippen LogP contribution is 2.23. The van der Waals surface area contributed by atoms with Gasteiger partial charge in [-0.05, 0) is 56.2 Å². The predicted octanol–water partition coefficient (Wildman–Crippen LogP) is 3.56. The number of ether oxygens (including phenoxy) is 1. The number of nitrogens with zero attached hydrogens (tertiary/aromatic N) is 2. The van der Waals surface area contributed by atoms with Crippen molar-refractivity contribution in [3.8, 4) is 5.75 Å². The second-order valence-electron chi connectivity index (χ2n) is 8.11. The first kappa shape index (κ1) is 27.7. The second kappa shape index (κ2) is 12.2. The summed E-state index contributed by atoms with van der Waals surface area (Å²) >= 11 is 3.34. The third kappa shape index (κ3) is 7.73. The first-order chi connectivity index (χ1) is 16.0. The minimum absolute atomic E-state index is 0.0536. The largest absolute Gasteiger partial charge is 0.497 e. The topological polar surface area (TPSA) is 96.0 Å². The van der Waals surface area contributed by atoms with E-state index in [0.29, 0.717) is 15.9 Å². The van der Waals surface area contributed by atoms with Crippen molar-refractivity contribution in [1.29, 1.82) is 0 Å². The number of carbonyl (C=O) groups is 2. The van der Waals surface area contributed by atoms with Gasteiger partial charge >= 0.3 is 0 Å². The van der Waals surface area contributed by atoms with Crippen molar-refractivity contribution in [1.82, 2.24) is 10.2 Å². The van der Waals surface area contributed by atoms with Crippen LogP contribution in [-0.4, -0.2) is 57.1 Å². The molecule has 0 unspecified atom stereocenters. The van der Waals surface area contributed by atoms with Crippen LogP contribution in [-0.2, 0) is 26.2 Å². The molecule has 10 heteroatoms. The number of benzene rings is 2. The fraction of sp³-hybridized carbons (Fsp3) is 0.417. The zero-order valence-electron chi connectivity index (χ0n) is 20.1. The smallest absolute Gasteiger partial charge is 0.244 e. The first-order valence-electron chi connectivity index (χ1n) is 10.9. The van der Waals surface area contributed by atoms with Crippen LogP contribution in [0.3, 0.4) is 0 Å². The molecule has 0 aliphatic rings. The van der Waals surface area contributed by atoms with E-state index in [1.807, 2.05) is 13.8 Å². The van der Waals surface area contributed by atoms with Gasteiger partial charge in [0.05, 0.1) is 19.1 Å². The van der Waals surface area contributed by atoms with Crippen molar-refractivity contribution in [2.45, 2.75) is 45.8 Å². The summed E-state index contributed by atoms with van der Waals surface area (Å²) in [5.74, 6) is -0.125. The van der Waals surface area contributed by atoms with Crippen molar-refractivity contribution < 1.29 is 22.7 Å². The van der Waals surface area contributed by atoms with Crippen LogP contribution in [0.5, 0.6) is 5.75 Å². The first-order valence-corrected chi connectivity index (χ1v) is 13.6. The van der Waals surface area contributed by atoms with E-state index in [-0.39, 0.29) is 18.5 Å². The molecule has 2 aromatic carbocycles. The number of halogens is 1. The van der Waals surface area contributed by atoms with Crippen LogP contribution in [0.15, 0.2) is 53.0 Å². The molecule has 2 aromatic rings. The van der Waals surface area contributed by atoms with Gasteiger partial charge < -0.3 is 15.0 Å². The normalized spacial score (nSPS) is 13.0. The molecule has 0 aliphatic carbocycles. The van der Waals surface area contributed by atoms with E-state index in [9.17, 15) is 18.0 Å². The molecule has 34 heavy (non-hydrogen) atoms. The average molecular weight is 555 g/mol. The number of carbonyl (C=O) groups excluding carboxylic acids is 2. The lowest BCUT2D eigenvalue weighted by Crippen LogP contribution is -2.52. The number of methoxy groups -OCH3 is 1. The maximum Gasteiger partial charge on any atom is 0.244 e. The van der Waals surface area contributed by atoms with Gasteiger partial charge in [-0.15, -0.1) is 0 Å². The summed E-state index contributed by atoms with van der Waals surface area (Å²) in [5.41, 5.74) is 1.14. The molecule has 2 amide bonds. The number of amides is 2. The summed E-state index contributed by atoms with van der Waals surface area (Å²) in [7, 11) is -2.20. The lowest BCUT2D eigenvalue weighted by atomic mass is 10.1. The Balaban J connectivity index is 2.37. The van der Waals surface area contributed by atoms with Crippen LogP contribution >= 0.6 is 15.9 Å². The van der Waals surface area contributed by atoms with Crippen molar-refractivity contribution >= 4 is 43.5 Å². The summed E-state index contributed by atoms with van der Waals surface area (Å²) in [5, 5.41) is 2.90. The van der Waals surface area contributed by atoms with Crippen molar-refractivity contribution in [2.75, 3.05) is 24.2 Å². The summed E-state index contributed by atoms with van der Waals surface area (Å²) < 4.78 is 32.0. The monoisotopic (exact) mass is 553 g/mol. The molecule has 0 fully saturated rings. The maximum absolute atomic E-state index is 13.5. The van der Waals surface area contributed by atoms with Gasteiger partial charge in [-0.25, -0.2) is 8.42 Å². The summed E-state index contributed by atoms with van der Waals surface area (Å²) in [4.78, 5) is 27.8. The van der Waals surface area contributed by atoms with Gasteiger partial charge in [-0.1, -0.05) is 41.1 Å². The Kier molecular flexibility index (Phi) is 9.93. The van der Waals surface area contributed by atoms with Crippen LogP contribution in [0.1, 0.15) is 32.8 Å². The average Bonchev–Trinajstić information content (AvgIpc) is 2.79. The number of rotatable bonds is 11. The molecule has 186 valence electrons. The fourth-order valence-electron chi connectivity index (χ4n) is 3.22. The molecule has 0 spiro atoms. The van der Waals surface area contributed by atoms with Crippen molar-refractivity contribution in [3.05, 3.63) is 58.6 Å². The molecule has 0 aliphatic heterocycles. The zero-order valence-corrected chi connectivity index (χ0v) is 22.5. The SMILES string of the molecule is CC[C@H](C)NC(=O)[C@H](C)N(Cc1ccc(OC)cc1)C(=O)CN(c1cccc(Br)c1)S(C)(=O)=O. The molecular weight excluding hydrogens is 522 g/mol. The number of sulfonamides is 1. The molecule has 8 nitrogen and oxygen atoms in total. The Hall–Kier alpha value is -2.59. The van der Waals surface area contributed by atoms with Crippen LogP contribution in [0.4, 0.5) is 5.69 Å². The quantitative estimate of drug-likeness (QED) is 0.459. The Labute approximate surface area is 210 Å². The molecule has 0 heterocycles. The third-order valence-corrected chi connectivity index (χ3v) is 7.09. The van der Waals surface area contributed by atoms with E-state index in [1.165, 1.54) is 4.90 Å². The fourth-order valence-corrected chi connectivity index (χ4v) is 4.45. The lowest BCUT2D eigenvalue weighted by Gasteiger charge is -2.32. The van der Waals surface area contributed by atoms with E-state index in [0.717, 1.165) is 22.5 Å². The molecule has 0 aromatic heterocycles. The van der Waals surface area contributed by atoms with E-state index >= 15 is 0 Å². The van der Waals surface area contributed by atoms with E-state index in [2.05, 4.69) is 21.2 Å². The number of hydrogen-bond acceptors (Lipinski definition) is 5. The van der Waals surface area contributed by atoms with Gasteiger partial charge in [-0.2, -0.15) is 0 Å². The molecule has 2 atom stereocenters. The van der Waals surface area contributed by atoms with Gasteiger partial charge in [0, 0.05) is 17.1 Å². The molecule has 0 saturated carbocycles. The minimum Gasteiger partial charge on any atom is -0.497 e. The number of anilines is 1. The molecule has 0 radical (unpaired) electrons. The summed E-state index contributed by atoms with van der Waals surface area (Å²) in [6.07, 6.45) is 1.80. The maximum atomic E-state index is 13.5.